The van der Waals surface area contributed by atoms with Gasteiger partial charge < -0.3 is 15.4 Å². The summed E-state index contributed by atoms with van der Waals surface area (Å²) in [6.07, 6.45) is 1.06. The van der Waals surface area contributed by atoms with Gasteiger partial charge in [0.1, 0.15) is 17.6 Å². The van der Waals surface area contributed by atoms with Crippen LogP contribution < -0.4 is 10.5 Å². The summed E-state index contributed by atoms with van der Waals surface area (Å²) in [6, 6.07) is 11.3. The van der Waals surface area contributed by atoms with E-state index in [9.17, 15) is 18.0 Å². The van der Waals surface area contributed by atoms with Gasteiger partial charge in [-0.2, -0.15) is 5.10 Å². The zero-order chi connectivity index (χ0) is 28.2. The molecular weight excluding hydrogens is 523 g/mol. The molecule has 9 nitrogen and oxygen atoms in total. The Balaban J connectivity index is 1.18. The van der Waals surface area contributed by atoms with Crippen molar-refractivity contribution in [2.24, 2.45) is 17.6 Å². The maximum absolute atomic E-state index is 13.7. The van der Waals surface area contributed by atoms with Crippen LogP contribution in [0.5, 0.6) is 5.88 Å². The molecule has 6 rings (SSSR count). The van der Waals surface area contributed by atoms with E-state index in [1.54, 1.807) is 29.2 Å². The van der Waals surface area contributed by atoms with Crippen LogP contribution in [-0.4, -0.2) is 54.7 Å². The molecule has 3 atom stereocenters. The second-order valence-electron chi connectivity index (χ2n) is 10.7. The minimum absolute atomic E-state index is 0.0389. The highest BCUT2D eigenvalue weighted by molar-refractivity contribution is 5.95. The van der Waals surface area contributed by atoms with Crippen molar-refractivity contribution < 1.29 is 22.7 Å². The van der Waals surface area contributed by atoms with Gasteiger partial charge in [-0.25, -0.2) is 32.8 Å². The molecule has 1 unspecified atom stereocenters. The lowest BCUT2D eigenvalue weighted by Gasteiger charge is -2.22. The Morgan fingerprint density at radius 3 is 2.40 bits per heavy atom. The lowest BCUT2D eigenvalue weighted by atomic mass is 9.95. The minimum atomic E-state index is -2.93. The summed E-state index contributed by atoms with van der Waals surface area (Å²) < 4.78 is 48.3. The molecule has 2 N–H and O–H groups in total. The van der Waals surface area contributed by atoms with Gasteiger partial charge in [-0.05, 0) is 55.8 Å². The van der Waals surface area contributed by atoms with Crippen LogP contribution in [0, 0.1) is 17.7 Å². The number of fused-ring (bicyclic) bond motifs is 1. The van der Waals surface area contributed by atoms with Crippen LogP contribution in [0.3, 0.4) is 0 Å². The molecule has 3 aromatic heterocycles. The Morgan fingerprint density at radius 2 is 1.77 bits per heavy atom. The third-order valence-electron chi connectivity index (χ3n) is 7.28. The Labute approximate surface area is 227 Å². The van der Waals surface area contributed by atoms with Crippen LogP contribution in [0.4, 0.5) is 13.2 Å². The highest BCUT2D eigenvalue weighted by Crippen LogP contribution is 2.48. The SMILES string of the molecule is CC(C)(N)c1cc(OC2[C@H]3CN(C(=O)c4cn(-c5ncccn5)nc4C(F)F)C[C@@H]23)nc(-c2ccc(F)cc2)c1. The number of halogens is 3. The van der Waals surface area contributed by atoms with Gasteiger partial charge >= 0.3 is 0 Å². The molecule has 1 saturated carbocycles. The molecule has 2 fully saturated rings. The van der Waals surface area contributed by atoms with E-state index in [0.717, 1.165) is 15.8 Å². The van der Waals surface area contributed by atoms with E-state index in [4.69, 9.17) is 10.5 Å². The van der Waals surface area contributed by atoms with E-state index < -0.39 is 23.6 Å². The topological polar surface area (TPSA) is 112 Å². The maximum atomic E-state index is 13.7. The van der Waals surface area contributed by atoms with Crippen LogP contribution in [0.2, 0.25) is 0 Å². The number of hydrogen-bond acceptors (Lipinski definition) is 7. The zero-order valence-corrected chi connectivity index (χ0v) is 21.7. The number of nitrogens with two attached hydrogens (primary N) is 1. The third kappa shape index (κ3) is 4.90. The molecule has 1 aromatic carbocycles. The fourth-order valence-electron chi connectivity index (χ4n) is 5.05. The second kappa shape index (κ2) is 9.70. The first-order valence-corrected chi connectivity index (χ1v) is 12.8. The Bertz CT molecular complexity index is 1540. The van der Waals surface area contributed by atoms with Crippen molar-refractivity contribution in [1.29, 1.82) is 0 Å². The number of amides is 1. The monoisotopic (exact) mass is 549 g/mol. The van der Waals surface area contributed by atoms with Crippen molar-refractivity contribution in [2.75, 3.05) is 13.1 Å². The normalized spacial score (nSPS) is 20.1. The lowest BCUT2D eigenvalue weighted by Crippen LogP contribution is -2.33. The van der Waals surface area contributed by atoms with Gasteiger partial charge in [0.05, 0.1) is 11.3 Å². The largest absolute Gasteiger partial charge is 0.474 e. The van der Waals surface area contributed by atoms with Gasteiger partial charge in [0.25, 0.3) is 12.3 Å². The number of carbonyl (C=O) groups is 1. The zero-order valence-electron chi connectivity index (χ0n) is 21.7. The highest BCUT2D eigenvalue weighted by Gasteiger charge is 2.59. The number of rotatable bonds is 7. The number of benzene rings is 1. The van der Waals surface area contributed by atoms with E-state index in [1.165, 1.54) is 30.7 Å². The van der Waals surface area contributed by atoms with Crippen LogP contribution in [0.1, 0.15) is 41.9 Å². The van der Waals surface area contributed by atoms with Crippen LogP contribution in [-0.2, 0) is 5.54 Å². The maximum Gasteiger partial charge on any atom is 0.282 e. The Kier molecular flexibility index (Phi) is 6.29. The van der Waals surface area contributed by atoms with Crippen LogP contribution in [0.25, 0.3) is 17.2 Å². The first-order chi connectivity index (χ1) is 19.1. The van der Waals surface area contributed by atoms with Crippen LogP contribution >= 0.6 is 0 Å². The fraction of sp³-hybridized carbons (Fsp3) is 0.321. The Morgan fingerprint density at radius 1 is 1.10 bits per heavy atom. The van der Waals surface area contributed by atoms with Crippen LogP contribution in [0.15, 0.2) is 61.1 Å². The van der Waals surface area contributed by atoms with Crippen molar-refractivity contribution in [2.45, 2.75) is 31.9 Å². The molecule has 40 heavy (non-hydrogen) atoms. The van der Waals surface area contributed by atoms with Crippen molar-refractivity contribution >= 4 is 5.91 Å². The molecular formula is C28H26F3N7O2. The molecule has 4 aromatic rings. The van der Waals surface area contributed by atoms with E-state index in [1.807, 2.05) is 19.9 Å². The lowest BCUT2D eigenvalue weighted by molar-refractivity contribution is 0.0739. The van der Waals surface area contributed by atoms with Crippen molar-refractivity contribution in [1.82, 2.24) is 29.6 Å². The number of likely N-dealkylation sites (tertiary alicyclic amines) is 1. The fourth-order valence-corrected chi connectivity index (χ4v) is 5.05. The molecule has 2 aliphatic rings. The van der Waals surface area contributed by atoms with Gasteiger partial charge in [-0.15, -0.1) is 0 Å². The highest BCUT2D eigenvalue weighted by atomic mass is 19.3. The number of piperidine rings is 1. The van der Waals surface area contributed by atoms with Gasteiger partial charge in [-0.1, -0.05) is 0 Å². The average Bonchev–Trinajstić information content (AvgIpc) is 3.29. The van der Waals surface area contributed by atoms with E-state index in [0.29, 0.717) is 24.7 Å². The first kappa shape index (κ1) is 25.9. The predicted molar refractivity (Wildman–Crippen MR) is 138 cm³/mol. The number of ether oxygens (including phenoxy) is 1. The molecule has 1 aliphatic heterocycles. The molecule has 1 aliphatic carbocycles. The molecule has 1 amide bonds. The quantitative estimate of drug-likeness (QED) is 0.369. The average molecular weight is 550 g/mol. The molecule has 12 heteroatoms. The number of pyridine rings is 1. The Hall–Kier alpha value is -4.32. The van der Waals surface area contributed by atoms with Crippen molar-refractivity contribution in [3.8, 4) is 23.1 Å². The van der Waals surface area contributed by atoms with Gasteiger partial charge in [0.2, 0.25) is 11.8 Å². The summed E-state index contributed by atoms with van der Waals surface area (Å²) >= 11 is 0. The van der Waals surface area contributed by atoms with E-state index in [2.05, 4.69) is 20.1 Å². The summed E-state index contributed by atoms with van der Waals surface area (Å²) in [5, 5.41) is 3.87. The smallest absolute Gasteiger partial charge is 0.282 e. The summed E-state index contributed by atoms with van der Waals surface area (Å²) in [4.78, 5) is 27.4. The number of hydrogen-bond donors (Lipinski definition) is 1. The van der Waals surface area contributed by atoms with Gasteiger partial charge in [-0.3, -0.25) is 4.79 Å². The minimum Gasteiger partial charge on any atom is -0.474 e. The molecule has 4 heterocycles. The molecule has 206 valence electrons. The van der Waals surface area contributed by atoms with Gasteiger partial charge in [0, 0.05) is 60.7 Å². The molecule has 1 saturated heterocycles. The summed E-state index contributed by atoms with van der Waals surface area (Å²) in [6.45, 7) is 4.46. The van der Waals surface area contributed by atoms with Crippen molar-refractivity contribution in [3.63, 3.8) is 0 Å². The summed E-state index contributed by atoms with van der Waals surface area (Å²) in [5.41, 5.74) is 7.04. The summed E-state index contributed by atoms with van der Waals surface area (Å²) in [7, 11) is 0. The number of aromatic nitrogens is 5. The summed E-state index contributed by atoms with van der Waals surface area (Å²) in [5.74, 6) is -0.309. The van der Waals surface area contributed by atoms with Gasteiger partial charge in [0.15, 0.2) is 0 Å². The molecule has 0 bridgehead atoms. The standard InChI is InChI=1S/C28H26F3N7O2/c1-28(2,32)16-10-21(15-4-6-17(29)7-5-15)35-22(11-16)40-24-18-12-37(13-19(18)24)26(39)20-14-38(36-23(20)25(30)31)27-33-8-3-9-34-27/h3-11,14,18-19,24-25H,12-13,32H2,1-2H3/t18-,19+,24?. The second-order valence-corrected chi connectivity index (χ2v) is 10.7. The van der Waals surface area contributed by atoms with Crippen molar-refractivity contribution in [3.05, 3.63) is 83.7 Å². The predicted octanol–water partition coefficient (Wildman–Crippen LogP) is 4.14. The van der Waals surface area contributed by atoms with E-state index in [-0.39, 0.29) is 35.3 Å². The number of alkyl halides is 2. The third-order valence-corrected chi connectivity index (χ3v) is 7.28. The number of nitrogens with zero attached hydrogens (tertiary/aromatic N) is 6. The molecule has 0 spiro atoms. The van der Waals surface area contributed by atoms with E-state index >= 15 is 0 Å². The first-order valence-electron chi connectivity index (χ1n) is 12.8. The molecule has 0 radical (unpaired) electrons. The number of carbonyl (C=O) groups excluding carboxylic acids is 1.